The molecule has 1 saturated heterocycles. The maximum atomic E-state index is 11.4. The van der Waals surface area contributed by atoms with Gasteiger partial charge in [-0.3, -0.25) is 0 Å². The van der Waals surface area contributed by atoms with E-state index in [9.17, 15) is 4.79 Å². The smallest absolute Gasteiger partial charge is 0.356 e. The van der Waals surface area contributed by atoms with Gasteiger partial charge in [0.05, 0.1) is 20.3 Å². The minimum Gasteiger partial charge on any atom is -0.464 e. The molecular formula is C9H16N2O3. The number of carbonyl (C=O) groups is 1. The second kappa shape index (κ2) is 4.85. The summed E-state index contributed by atoms with van der Waals surface area (Å²) in [7, 11) is 1.35. The number of methoxy groups -OCH3 is 1. The molecule has 5 heteroatoms. The van der Waals surface area contributed by atoms with E-state index in [0.29, 0.717) is 37.7 Å². The summed E-state index contributed by atoms with van der Waals surface area (Å²) in [5, 5.41) is 0. The number of hydrogen-bond acceptors (Lipinski definition) is 5. The van der Waals surface area contributed by atoms with Crippen LogP contribution in [0.15, 0.2) is 11.4 Å². The molecule has 0 aromatic rings. The first kappa shape index (κ1) is 10.8. The summed E-state index contributed by atoms with van der Waals surface area (Å²) in [4.78, 5) is 13.3. The predicted octanol–water partition coefficient (Wildman–Crippen LogP) is -0.318. The zero-order valence-corrected chi connectivity index (χ0v) is 8.58. The van der Waals surface area contributed by atoms with Crippen LogP contribution in [0.5, 0.6) is 0 Å². The van der Waals surface area contributed by atoms with Crippen molar-refractivity contribution in [2.24, 2.45) is 5.73 Å². The van der Waals surface area contributed by atoms with Crippen LogP contribution in [-0.2, 0) is 14.3 Å². The Kier molecular flexibility index (Phi) is 3.76. The Bertz CT molecular complexity index is 240. The molecule has 1 fully saturated rings. The molecule has 2 N–H and O–H groups in total. The number of allylic oxidation sites excluding steroid dienone is 1. The highest BCUT2D eigenvalue weighted by atomic mass is 16.5. The monoisotopic (exact) mass is 200 g/mol. The van der Waals surface area contributed by atoms with Crippen molar-refractivity contribution in [3.05, 3.63) is 11.4 Å². The minimum absolute atomic E-state index is 0.383. The number of esters is 1. The third-order valence-corrected chi connectivity index (χ3v) is 2.08. The highest BCUT2D eigenvalue weighted by Gasteiger charge is 2.21. The molecule has 80 valence electrons. The standard InChI is InChI=1S/C9H16N2O3/c1-7(10)8(9(12)13-2)11-3-5-14-6-4-11/h3-6,10H2,1-2H3/b8-7+. The van der Waals surface area contributed by atoms with Crippen LogP contribution >= 0.6 is 0 Å². The van der Waals surface area contributed by atoms with E-state index in [4.69, 9.17) is 10.5 Å². The molecule has 0 amide bonds. The normalized spacial score (nSPS) is 18.9. The predicted molar refractivity (Wildman–Crippen MR) is 51.3 cm³/mol. The van der Waals surface area contributed by atoms with E-state index in [1.165, 1.54) is 7.11 Å². The van der Waals surface area contributed by atoms with Crippen molar-refractivity contribution < 1.29 is 14.3 Å². The highest BCUT2D eigenvalue weighted by molar-refractivity contribution is 5.88. The van der Waals surface area contributed by atoms with Gasteiger partial charge in [0.1, 0.15) is 5.70 Å². The molecule has 0 radical (unpaired) electrons. The number of carbonyl (C=O) groups excluding carboxylic acids is 1. The lowest BCUT2D eigenvalue weighted by Crippen LogP contribution is -2.39. The van der Waals surface area contributed by atoms with E-state index in [0.717, 1.165) is 0 Å². The number of rotatable bonds is 2. The Morgan fingerprint density at radius 3 is 2.43 bits per heavy atom. The highest BCUT2D eigenvalue weighted by Crippen LogP contribution is 2.11. The molecule has 0 aromatic carbocycles. The summed E-state index contributed by atoms with van der Waals surface area (Å²) >= 11 is 0. The fourth-order valence-electron chi connectivity index (χ4n) is 1.42. The summed E-state index contributed by atoms with van der Waals surface area (Å²) in [6, 6.07) is 0. The molecule has 0 spiro atoms. The van der Waals surface area contributed by atoms with Gasteiger partial charge in [0.15, 0.2) is 0 Å². The van der Waals surface area contributed by atoms with Crippen LogP contribution in [0.1, 0.15) is 6.92 Å². The Morgan fingerprint density at radius 1 is 1.43 bits per heavy atom. The van der Waals surface area contributed by atoms with E-state index in [1.807, 2.05) is 4.90 Å². The SMILES string of the molecule is COC(=O)/C(=C(/C)N)N1CCOCC1. The largest absolute Gasteiger partial charge is 0.464 e. The summed E-state index contributed by atoms with van der Waals surface area (Å²) < 4.78 is 9.85. The third-order valence-electron chi connectivity index (χ3n) is 2.08. The van der Waals surface area contributed by atoms with Gasteiger partial charge in [0, 0.05) is 18.8 Å². The van der Waals surface area contributed by atoms with Crippen LogP contribution in [0.3, 0.4) is 0 Å². The van der Waals surface area contributed by atoms with Gasteiger partial charge in [-0.25, -0.2) is 4.79 Å². The number of nitrogens with two attached hydrogens (primary N) is 1. The molecule has 1 aliphatic heterocycles. The molecule has 0 aliphatic carbocycles. The van der Waals surface area contributed by atoms with Gasteiger partial charge < -0.3 is 20.1 Å². The van der Waals surface area contributed by atoms with Crippen LogP contribution in [0.25, 0.3) is 0 Å². The zero-order valence-electron chi connectivity index (χ0n) is 8.58. The topological polar surface area (TPSA) is 64.8 Å². The van der Waals surface area contributed by atoms with E-state index in [2.05, 4.69) is 4.74 Å². The van der Waals surface area contributed by atoms with Gasteiger partial charge >= 0.3 is 5.97 Å². The second-order valence-electron chi connectivity index (χ2n) is 3.12. The Balaban J connectivity index is 2.77. The summed E-state index contributed by atoms with van der Waals surface area (Å²) in [5.41, 5.74) is 6.58. The van der Waals surface area contributed by atoms with Crippen LogP contribution in [0.2, 0.25) is 0 Å². The number of hydrogen-bond donors (Lipinski definition) is 1. The van der Waals surface area contributed by atoms with Gasteiger partial charge in [-0.1, -0.05) is 0 Å². The molecule has 0 atom stereocenters. The van der Waals surface area contributed by atoms with Crippen molar-refractivity contribution in [3.8, 4) is 0 Å². The number of ether oxygens (including phenoxy) is 2. The molecule has 0 aromatic heterocycles. The molecule has 0 unspecified atom stereocenters. The first-order valence-corrected chi connectivity index (χ1v) is 4.54. The van der Waals surface area contributed by atoms with Crippen LogP contribution < -0.4 is 5.73 Å². The average Bonchev–Trinajstić information content (AvgIpc) is 2.19. The fourth-order valence-corrected chi connectivity index (χ4v) is 1.42. The molecule has 1 aliphatic rings. The quantitative estimate of drug-likeness (QED) is 0.489. The van der Waals surface area contributed by atoms with E-state index in [-0.39, 0.29) is 5.97 Å². The summed E-state index contributed by atoms with van der Waals surface area (Å²) in [6.45, 7) is 4.29. The van der Waals surface area contributed by atoms with Crippen molar-refractivity contribution in [3.63, 3.8) is 0 Å². The van der Waals surface area contributed by atoms with Crippen LogP contribution in [0.4, 0.5) is 0 Å². The molecular weight excluding hydrogens is 184 g/mol. The van der Waals surface area contributed by atoms with E-state index >= 15 is 0 Å². The summed E-state index contributed by atoms with van der Waals surface area (Å²) in [6.07, 6.45) is 0. The Labute approximate surface area is 83.5 Å². The molecule has 1 rings (SSSR count). The first-order chi connectivity index (χ1) is 6.66. The lowest BCUT2D eigenvalue weighted by Gasteiger charge is -2.30. The van der Waals surface area contributed by atoms with Gasteiger partial charge in [-0.2, -0.15) is 0 Å². The van der Waals surface area contributed by atoms with Gasteiger partial charge in [0.2, 0.25) is 0 Å². The summed E-state index contributed by atoms with van der Waals surface area (Å²) in [5.74, 6) is -0.383. The number of nitrogens with zero attached hydrogens (tertiary/aromatic N) is 1. The Hall–Kier alpha value is -1.23. The van der Waals surface area contributed by atoms with Crippen LogP contribution in [0, 0.1) is 0 Å². The zero-order chi connectivity index (χ0) is 10.6. The molecule has 0 bridgehead atoms. The Morgan fingerprint density at radius 2 is 2.00 bits per heavy atom. The minimum atomic E-state index is -0.383. The molecule has 0 saturated carbocycles. The van der Waals surface area contributed by atoms with Crippen molar-refractivity contribution in [2.45, 2.75) is 6.92 Å². The van der Waals surface area contributed by atoms with Crippen molar-refractivity contribution in [1.82, 2.24) is 4.90 Å². The average molecular weight is 200 g/mol. The first-order valence-electron chi connectivity index (χ1n) is 4.54. The van der Waals surface area contributed by atoms with Gasteiger partial charge in [-0.15, -0.1) is 0 Å². The maximum Gasteiger partial charge on any atom is 0.356 e. The molecule has 1 heterocycles. The lowest BCUT2D eigenvalue weighted by molar-refractivity contribution is -0.138. The van der Waals surface area contributed by atoms with Crippen LogP contribution in [-0.4, -0.2) is 44.3 Å². The van der Waals surface area contributed by atoms with E-state index < -0.39 is 0 Å². The lowest BCUT2D eigenvalue weighted by atomic mass is 10.3. The van der Waals surface area contributed by atoms with Gasteiger partial charge in [-0.05, 0) is 6.92 Å². The van der Waals surface area contributed by atoms with Crippen molar-refractivity contribution in [1.29, 1.82) is 0 Å². The molecule has 14 heavy (non-hydrogen) atoms. The fraction of sp³-hybridized carbons (Fsp3) is 0.667. The van der Waals surface area contributed by atoms with E-state index in [1.54, 1.807) is 6.92 Å². The molecule has 5 nitrogen and oxygen atoms in total. The van der Waals surface area contributed by atoms with Crippen molar-refractivity contribution >= 4 is 5.97 Å². The van der Waals surface area contributed by atoms with Gasteiger partial charge in [0.25, 0.3) is 0 Å². The maximum absolute atomic E-state index is 11.4. The second-order valence-corrected chi connectivity index (χ2v) is 3.12. The van der Waals surface area contributed by atoms with Crippen molar-refractivity contribution in [2.75, 3.05) is 33.4 Å². The third kappa shape index (κ3) is 2.38. The number of morpholine rings is 1.